The fourth-order valence-corrected chi connectivity index (χ4v) is 2.31. The number of rotatable bonds is 6. The number of anilines is 1. The number of aromatic nitrogens is 2. The van der Waals surface area contributed by atoms with E-state index in [1.54, 1.807) is 13.0 Å². The number of carbonyl (C=O) groups is 3. The lowest BCUT2D eigenvalue weighted by Crippen LogP contribution is -2.44. The molecule has 2 N–H and O–H groups in total. The summed E-state index contributed by atoms with van der Waals surface area (Å²) in [5, 5.41) is 5.13. The first-order chi connectivity index (χ1) is 10.8. The standard InChI is InChI=1S/C15H21N5O3/c1-10(2)5-6-15(3)12(22)20(14(23)19-15)9-11(21)18-13-16-7-4-8-17-13/h4,7-8,10H,5-6,9H2,1-3H3,(H,19,23)(H,16,17,18,21)/t15-/m1/s1. The normalized spacial score (nSPS) is 20.8. The van der Waals surface area contributed by atoms with Gasteiger partial charge in [0, 0.05) is 12.4 Å². The van der Waals surface area contributed by atoms with E-state index >= 15 is 0 Å². The third kappa shape index (κ3) is 4.02. The van der Waals surface area contributed by atoms with Gasteiger partial charge in [-0.1, -0.05) is 13.8 Å². The lowest BCUT2D eigenvalue weighted by Gasteiger charge is -2.22. The van der Waals surface area contributed by atoms with Crippen LogP contribution in [0.25, 0.3) is 0 Å². The second-order valence-electron chi connectivity index (χ2n) is 6.21. The molecule has 0 aliphatic carbocycles. The highest BCUT2D eigenvalue weighted by Gasteiger charge is 2.47. The first-order valence-corrected chi connectivity index (χ1v) is 7.53. The maximum atomic E-state index is 12.5. The predicted octanol–water partition coefficient (Wildman–Crippen LogP) is 1.16. The van der Waals surface area contributed by atoms with Crippen molar-refractivity contribution in [3.63, 3.8) is 0 Å². The number of imide groups is 1. The van der Waals surface area contributed by atoms with E-state index in [1.807, 2.05) is 0 Å². The van der Waals surface area contributed by atoms with Crippen LogP contribution in [0, 0.1) is 5.92 Å². The van der Waals surface area contributed by atoms with Crippen LogP contribution in [0.1, 0.15) is 33.6 Å². The summed E-state index contributed by atoms with van der Waals surface area (Å²) < 4.78 is 0. The summed E-state index contributed by atoms with van der Waals surface area (Å²) >= 11 is 0. The third-order valence-electron chi connectivity index (χ3n) is 3.69. The highest BCUT2D eigenvalue weighted by Crippen LogP contribution is 2.24. The number of amides is 4. The Morgan fingerprint density at radius 1 is 1.35 bits per heavy atom. The Bertz CT molecular complexity index is 604. The Morgan fingerprint density at radius 2 is 2.00 bits per heavy atom. The maximum absolute atomic E-state index is 12.5. The lowest BCUT2D eigenvalue weighted by molar-refractivity contribution is -0.133. The highest BCUT2D eigenvalue weighted by molar-refractivity contribution is 6.09. The molecule has 8 nitrogen and oxygen atoms in total. The number of urea groups is 1. The van der Waals surface area contributed by atoms with E-state index in [0.29, 0.717) is 12.3 Å². The van der Waals surface area contributed by atoms with Crippen molar-refractivity contribution in [2.45, 2.75) is 39.2 Å². The summed E-state index contributed by atoms with van der Waals surface area (Å²) in [6.45, 7) is 5.43. The minimum atomic E-state index is -0.953. The molecule has 0 saturated carbocycles. The molecule has 8 heteroatoms. The first kappa shape index (κ1) is 16.9. The van der Waals surface area contributed by atoms with Crippen molar-refractivity contribution >= 4 is 23.8 Å². The van der Waals surface area contributed by atoms with E-state index in [2.05, 4.69) is 34.4 Å². The van der Waals surface area contributed by atoms with Crippen LogP contribution < -0.4 is 10.6 Å². The minimum Gasteiger partial charge on any atom is -0.323 e. The second kappa shape index (κ2) is 6.72. The number of hydrogen-bond acceptors (Lipinski definition) is 5. The molecule has 23 heavy (non-hydrogen) atoms. The van der Waals surface area contributed by atoms with E-state index in [0.717, 1.165) is 11.3 Å². The van der Waals surface area contributed by atoms with Crippen molar-refractivity contribution < 1.29 is 14.4 Å². The summed E-state index contributed by atoms with van der Waals surface area (Å²) in [4.78, 5) is 45.1. The van der Waals surface area contributed by atoms with E-state index < -0.39 is 17.5 Å². The monoisotopic (exact) mass is 319 g/mol. The summed E-state index contributed by atoms with van der Waals surface area (Å²) in [6, 6.07) is 1.07. The van der Waals surface area contributed by atoms with Crippen molar-refractivity contribution in [3.8, 4) is 0 Å². The molecule has 1 aliphatic heterocycles. The molecule has 1 aliphatic rings. The van der Waals surface area contributed by atoms with Gasteiger partial charge in [0.25, 0.3) is 5.91 Å². The molecule has 0 aromatic carbocycles. The van der Waals surface area contributed by atoms with Gasteiger partial charge >= 0.3 is 6.03 Å². The fourth-order valence-electron chi connectivity index (χ4n) is 2.31. The van der Waals surface area contributed by atoms with E-state index in [4.69, 9.17) is 0 Å². The molecular weight excluding hydrogens is 298 g/mol. The van der Waals surface area contributed by atoms with Gasteiger partial charge in [0.1, 0.15) is 12.1 Å². The molecule has 2 heterocycles. The van der Waals surface area contributed by atoms with Gasteiger partial charge in [-0.15, -0.1) is 0 Å². The Morgan fingerprint density at radius 3 is 2.61 bits per heavy atom. The van der Waals surface area contributed by atoms with E-state index in [1.165, 1.54) is 12.4 Å². The molecule has 0 spiro atoms. The molecule has 1 fully saturated rings. The Balaban J connectivity index is 1.98. The molecule has 0 bridgehead atoms. The minimum absolute atomic E-state index is 0.132. The summed E-state index contributed by atoms with van der Waals surface area (Å²) in [5.41, 5.74) is -0.953. The zero-order chi connectivity index (χ0) is 17.0. The number of nitrogens with one attached hydrogen (secondary N) is 2. The maximum Gasteiger partial charge on any atom is 0.325 e. The molecule has 0 radical (unpaired) electrons. The molecular formula is C15H21N5O3. The molecule has 1 saturated heterocycles. The quantitative estimate of drug-likeness (QED) is 0.766. The molecule has 1 aromatic rings. The SMILES string of the molecule is CC(C)CC[C@@]1(C)NC(=O)N(CC(=O)Nc2ncccn2)C1=O. The average molecular weight is 319 g/mol. The van der Waals surface area contributed by atoms with Crippen molar-refractivity contribution in [1.29, 1.82) is 0 Å². The van der Waals surface area contributed by atoms with Crippen molar-refractivity contribution in [2.75, 3.05) is 11.9 Å². The van der Waals surface area contributed by atoms with Crippen LogP contribution in [0.4, 0.5) is 10.7 Å². The van der Waals surface area contributed by atoms with Crippen molar-refractivity contribution in [1.82, 2.24) is 20.2 Å². The van der Waals surface area contributed by atoms with Crippen LogP contribution in [-0.2, 0) is 9.59 Å². The van der Waals surface area contributed by atoms with Crippen LogP contribution in [0.15, 0.2) is 18.5 Å². The van der Waals surface area contributed by atoms with Crippen molar-refractivity contribution in [3.05, 3.63) is 18.5 Å². The van der Waals surface area contributed by atoms with Gasteiger partial charge in [0.05, 0.1) is 0 Å². The average Bonchev–Trinajstić information content (AvgIpc) is 2.70. The van der Waals surface area contributed by atoms with Gasteiger partial charge in [-0.05, 0) is 31.7 Å². The van der Waals surface area contributed by atoms with E-state index in [9.17, 15) is 14.4 Å². The van der Waals surface area contributed by atoms with Gasteiger partial charge in [-0.3, -0.25) is 19.8 Å². The van der Waals surface area contributed by atoms with Crippen LogP contribution in [0.3, 0.4) is 0 Å². The summed E-state index contributed by atoms with van der Waals surface area (Å²) in [7, 11) is 0. The molecule has 0 unspecified atom stereocenters. The smallest absolute Gasteiger partial charge is 0.323 e. The van der Waals surface area contributed by atoms with Crippen LogP contribution in [0.5, 0.6) is 0 Å². The molecule has 1 atom stereocenters. The van der Waals surface area contributed by atoms with Gasteiger partial charge in [-0.25, -0.2) is 14.8 Å². The lowest BCUT2D eigenvalue weighted by atomic mass is 9.92. The molecule has 2 rings (SSSR count). The fraction of sp³-hybridized carbons (Fsp3) is 0.533. The zero-order valence-corrected chi connectivity index (χ0v) is 13.5. The third-order valence-corrected chi connectivity index (χ3v) is 3.69. The van der Waals surface area contributed by atoms with Crippen LogP contribution in [0.2, 0.25) is 0 Å². The second-order valence-corrected chi connectivity index (χ2v) is 6.21. The number of hydrogen-bond donors (Lipinski definition) is 2. The van der Waals surface area contributed by atoms with Gasteiger partial charge < -0.3 is 5.32 Å². The number of carbonyl (C=O) groups excluding carboxylic acids is 3. The number of nitrogens with zero attached hydrogens (tertiary/aromatic N) is 3. The Hall–Kier alpha value is -2.51. The largest absolute Gasteiger partial charge is 0.325 e. The summed E-state index contributed by atoms with van der Waals surface area (Å²) in [6.07, 6.45) is 4.31. The van der Waals surface area contributed by atoms with Gasteiger partial charge in [0.15, 0.2) is 0 Å². The Kier molecular flexibility index (Phi) is 4.92. The van der Waals surface area contributed by atoms with Crippen LogP contribution >= 0.6 is 0 Å². The molecule has 124 valence electrons. The van der Waals surface area contributed by atoms with Crippen molar-refractivity contribution in [2.24, 2.45) is 5.92 Å². The topological polar surface area (TPSA) is 104 Å². The molecule has 1 aromatic heterocycles. The van der Waals surface area contributed by atoms with Gasteiger partial charge in [0.2, 0.25) is 11.9 Å². The van der Waals surface area contributed by atoms with Crippen LogP contribution in [-0.4, -0.2) is 44.8 Å². The molecule has 4 amide bonds. The zero-order valence-electron chi connectivity index (χ0n) is 13.5. The Labute approximate surface area is 134 Å². The van der Waals surface area contributed by atoms with E-state index in [-0.39, 0.29) is 18.4 Å². The first-order valence-electron chi connectivity index (χ1n) is 7.53. The predicted molar refractivity (Wildman–Crippen MR) is 83.4 cm³/mol. The summed E-state index contributed by atoms with van der Waals surface area (Å²) in [5.74, 6) is -0.351. The van der Waals surface area contributed by atoms with Gasteiger partial charge in [-0.2, -0.15) is 0 Å². The highest BCUT2D eigenvalue weighted by atomic mass is 16.2.